The maximum atomic E-state index is 3.05. The summed E-state index contributed by atoms with van der Waals surface area (Å²) in [6.07, 6.45) is 0. The van der Waals surface area contributed by atoms with Crippen LogP contribution in [0.3, 0.4) is 0 Å². The quantitative estimate of drug-likeness (QED) is 0.684. The fourth-order valence-electron chi connectivity index (χ4n) is 1.74. The molecule has 0 aliphatic heterocycles. The third-order valence-corrected chi connectivity index (χ3v) is 4.87. The van der Waals surface area contributed by atoms with Gasteiger partial charge in [-0.05, 0) is 17.2 Å². The van der Waals surface area contributed by atoms with E-state index in [4.69, 9.17) is 0 Å². The fourth-order valence-corrected chi connectivity index (χ4v) is 2.91. The summed E-state index contributed by atoms with van der Waals surface area (Å²) < 4.78 is 0. The molecule has 0 nitrogen and oxygen atoms in total. The normalized spacial score (nSPS) is 11.4. The molecule has 0 amide bonds. The molecule has 0 aromatic heterocycles. The molecule has 0 aliphatic rings. The van der Waals surface area contributed by atoms with Gasteiger partial charge in [0.25, 0.3) is 0 Å². The molecule has 1 heteroatoms. The zero-order chi connectivity index (χ0) is 11.6. The summed E-state index contributed by atoms with van der Waals surface area (Å²) in [5.74, 6) is 0. The SMILES string of the molecule is C[Si](C)(C)c1ccc(-c2cc[c]cc2)cc1. The van der Waals surface area contributed by atoms with Gasteiger partial charge in [-0.25, -0.2) is 0 Å². The lowest BCUT2D eigenvalue weighted by Crippen LogP contribution is -2.37. The second-order valence-corrected chi connectivity index (χ2v) is 10.2. The maximum absolute atomic E-state index is 3.05. The van der Waals surface area contributed by atoms with Crippen LogP contribution in [0.1, 0.15) is 0 Å². The second-order valence-electron chi connectivity index (χ2n) is 5.12. The van der Waals surface area contributed by atoms with Gasteiger partial charge in [-0.2, -0.15) is 0 Å². The highest BCUT2D eigenvalue weighted by Gasteiger charge is 2.15. The lowest BCUT2D eigenvalue weighted by atomic mass is 10.1. The highest BCUT2D eigenvalue weighted by Crippen LogP contribution is 2.17. The second kappa shape index (κ2) is 4.26. The zero-order valence-electron chi connectivity index (χ0n) is 10.1. The van der Waals surface area contributed by atoms with Crippen molar-refractivity contribution in [3.8, 4) is 11.1 Å². The van der Waals surface area contributed by atoms with E-state index in [-0.39, 0.29) is 0 Å². The van der Waals surface area contributed by atoms with Gasteiger partial charge < -0.3 is 0 Å². The van der Waals surface area contributed by atoms with Crippen molar-refractivity contribution >= 4 is 13.3 Å². The molecule has 81 valence electrons. The predicted molar refractivity (Wildman–Crippen MR) is 73.7 cm³/mol. The van der Waals surface area contributed by atoms with Crippen molar-refractivity contribution in [2.45, 2.75) is 19.6 Å². The molecule has 0 heterocycles. The standard InChI is InChI=1S/C15H17Si/c1-16(2,3)15-11-9-14(10-12-15)13-7-5-4-6-8-13/h5-12H,1-3H3. The molecule has 0 saturated carbocycles. The number of hydrogen-bond donors (Lipinski definition) is 0. The molecule has 0 atom stereocenters. The molecule has 0 saturated heterocycles. The molecule has 2 aromatic carbocycles. The molecule has 0 aliphatic carbocycles. The topological polar surface area (TPSA) is 0 Å². The first kappa shape index (κ1) is 11.2. The van der Waals surface area contributed by atoms with Crippen molar-refractivity contribution in [1.29, 1.82) is 0 Å². The molecule has 2 rings (SSSR count). The summed E-state index contributed by atoms with van der Waals surface area (Å²) in [7, 11) is -1.16. The van der Waals surface area contributed by atoms with Crippen molar-refractivity contribution in [3.05, 3.63) is 54.6 Å². The van der Waals surface area contributed by atoms with Crippen LogP contribution in [-0.4, -0.2) is 8.07 Å². The summed E-state index contributed by atoms with van der Waals surface area (Å²) in [5, 5.41) is 1.51. The minimum atomic E-state index is -1.16. The largest absolute Gasteiger partial charge is 0.0775 e. The van der Waals surface area contributed by atoms with Gasteiger partial charge in [0.1, 0.15) is 0 Å². The average Bonchev–Trinajstić information content (AvgIpc) is 2.29. The molecule has 0 spiro atoms. The van der Waals surface area contributed by atoms with Gasteiger partial charge >= 0.3 is 0 Å². The Morgan fingerprint density at radius 2 is 1.25 bits per heavy atom. The number of hydrogen-bond acceptors (Lipinski definition) is 0. The molecule has 16 heavy (non-hydrogen) atoms. The molecule has 0 fully saturated rings. The zero-order valence-corrected chi connectivity index (χ0v) is 11.1. The minimum Gasteiger partial charge on any atom is -0.0656 e. The Morgan fingerprint density at radius 3 is 1.75 bits per heavy atom. The van der Waals surface area contributed by atoms with E-state index in [2.05, 4.69) is 62.1 Å². The van der Waals surface area contributed by atoms with Gasteiger partial charge in [0.2, 0.25) is 0 Å². The van der Waals surface area contributed by atoms with Crippen molar-refractivity contribution in [1.82, 2.24) is 0 Å². The van der Waals surface area contributed by atoms with Crippen LogP contribution in [0.15, 0.2) is 48.5 Å². The van der Waals surface area contributed by atoms with E-state index in [9.17, 15) is 0 Å². The Hall–Kier alpha value is -1.34. The number of rotatable bonds is 2. The van der Waals surface area contributed by atoms with Crippen LogP contribution < -0.4 is 5.19 Å². The Bertz CT molecular complexity index is 449. The van der Waals surface area contributed by atoms with E-state index in [0.29, 0.717) is 0 Å². The highest BCUT2D eigenvalue weighted by atomic mass is 28.3. The maximum Gasteiger partial charge on any atom is 0.0775 e. The van der Waals surface area contributed by atoms with Gasteiger partial charge in [0, 0.05) is 0 Å². The average molecular weight is 225 g/mol. The molecular weight excluding hydrogens is 208 g/mol. The van der Waals surface area contributed by atoms with Crippen LogP contribution in [0.25, 0.3) is 11.1 Å². The minimum absolute atomic E-state index is 1.16. The first-order valence-corrected chi connectivity index (χ1v) is 9.14. The molecule has 2 aromatic rings. The van der Waals surface area contributed by atoms with E-state index in [1.54, 1.807) is 0 Å². The van der Waals surface area contributed by atoms with E-state index in [1.165, 1.54) is 16.3 Å². The molecule has 0 N–H and O–H groups in total. The van der Waals surface area contributed by atoms with Crippen LogP contribution in [0.2, 0.25) is 19.6 Å². The van der Waals surface area contributed by atoms with Gasteiger partial charge in [0.15, 0.2) is 0 Å². The molecule has 0 bridgehead atoms. The van der Waals surface area contributed by atoms with Crippen molar-refractivity contribution in [3.63, 3.8) is 0 Å². The van der Waals surface area contributed by atoms with E-state index >= 15 is 0 Å². The highest BCUT2D eigenvalue weighted by molar-refractivity contribution is 6.88. The summed E-state index contributed by atoms with van der Waals surface area (Å²) in [4.78, 5) is 0. The first-order valence-electron chi connectivity index (χ1n) is 5.64. The Balaban J connectivity index is 2.34. The van der Waals surface area contributed by atoms with Crippen LogP contribution in [0.4, 0.5) is 0 Å². The Labute approximate surface area is 99.0 Å². The molecule has 0 unspecified atom stereocenters. The van der Waals surface area contributed by atoms with Crippen molar-refractivity contribution in [2.24, 2.45) is 0 Å². The van der Waals surface area contributed by atoms with E-state index in [1.807, 2.05) is 12.1 Å². The monoisotopic (exact) mass is 225 g/mol. The van der Waals surface area contributed by atoms with Crippen molar-refractivity contribution in [2.75, 3.05) is 0 Å². The van der Waals surface area contributed by atoms with Gasteiger partial charge in [0.05, 0.1) is 8.07 Å². The van der Waals surface area contributed by atoms with Crippen LogP contribution in [-0.2, 0) is 0 Å². The lowest BCUT2D eigenvalue weighted by Gasteiger charge is -2.16. The predicted octanol–water partition coefficient (Wildman–Crippen LogP) is 3.70. The van der Waals surface area contributed by atoms with Crippen LogP contribution in [0.5, 0.6) is 0 Å². The fraction of sp³-hybridized carbons (Fsp3) is 0.200. The summed E-state index contributed by atoms with van der Waals surface area (Å²) >= 11 is 0. The molecular formula is C15H17Si. The van der Waals surface area contributed by atoms with Crippen LogP contribution >= 0.6 is 0 Å². The third-order valence-electron chi connectivity index (χ3n) is 2.80. The Kier molecular flexibility index (Phi) is 2.97. The van der Waals surface area contributed by atoms with Crippen LogP contribution in [0, 0.1) is 6.07 Å². The lowest BCUT2D eigenvalue weighted by molar-refractivity contribution is 1.61. The van der Waals surface area contributed by atoms with E-state index in [0.717, 1.165) is 0 Å². The number of benzene rings is 2. The first-order chi connectivity index (χ1) is 7.57. The summed E-state index contributed by atoms with van der Waals surface area (Å²) in [6.45, 7) is 7.12. The van der Waals surface area contributed by atoms with Crippen molar-refractivity contribution < 1.29 is 0 Å². The summed E-state index contributed by atoms with van der Waals surface area (Å²) in [6, 6.07) is 20.2. The smallest absolute Gasteiger partial charge is 0.0656 e. The van der Waals surface area contributed by atoms with Gasteiger partial charge in [-0.3, -0.25) is 0 Å². The third kappa shape index (κ3) is 2.42. The van der Waals surface area contributed by atoms with Gasteiger partial charge in [-0.15, -0.1) is 0 Å². The molecule has 1 radical (unpaired) electrons. The summed E-state index contributed by atoms with van der Waals surface area (Å²) in [5.41, 5.74) is 2.55. The Morgan fingerprint density at radius 1 is 0.750 bits per heavy atom. The van der Waals surface area contributed by atoms with Gasteiger partial charge in [-0.1, -0.05) is 73.4 Å². The van der Waals surface area contributed by atoms with E-state index < -0.39 is 8.07 Å².